The molecule has 4 rings (SSSR count). The van der Waals surface area contributed by atoms with Crippen molar-refractivity contribution < 1.29 is 38.2 Å². The Morgan fingerprint density at radius 1 is 0.730 bits per heavy atom. The van der Waals surface area contributed by atoms with E-state index in [9.17, 15) is 24.0 Å². The molecule has 0 spiro atoms. The lowest BCUT2D eigenvalue weighted by Crippen LogP contribution is -2.61. The maximum atomic E-state index is 14.1. The van der Waals surface area contributed by atoms with Crippen molar-refractivity contribution in [2.75, 3.05) is 18.1 Å². The minimum atomic E-state index is -2.59. The van der Waals surface area contributed by atoms with Crippen LogP contribution in [-0.2, 0) is 29.4 Å². The zero-order valence-corrected chi connectivity index (χ0v) is 20.1. The predicted molar refractivity (Wildman–Crippen MR) is 131 cm³/mol. The second kappa shape index (κ2) is 10.4. The number of ether oxygens (including phenoxy) is 3. The van der Waals surface area contributed by atoms with Gasteiger partial charge in [0, 0.05) is 11.1 Å². The molecule has 188 valence electrons. The van der Waals surface area contributed by atoms with Gasteiger partial charge in [-0.25, -0.2) is 19.3 Å². The minimum absolute atomic E-state index is 0.0227. The number of amides is 2. The van der Waals surface area contributed by atoms with Crippen LogP contribution < -0.4 is 4.90 Å². The molecule has 2 amide bonds. The van der Waals surface area contributed by atoms with Crippen LogP contribution in [0.25, 0.3) is 0 Å². The molecule has 0 saturated carbocycles. The molecular weight excluding hydrogens is 478 g/mol. The summed E-state index contributed by atoms with van der Waals surface area (Å²) in [6.07, 6.45) is 0. The number of esters is 3. The van der Waals surface area contributed by atoms with Crippen LogP contribution in [0.4, 0.5) is 5.69 Å². The summed E-state index contributed by atoms with van der Waals surface area (Å²) in [7, 11) is 0. The molecule has 3 aromatic carbocycles. The van der Waals surface area contributed by atoms with Crippen molar-refractivity contribution >= 4 is 35.4 Å². The van der Waals surface area contributed by atoms with Crippen LogP contribution >= 0.6 is 0 Å². The number of carbonyl (C=O) groups is 5. The van der Waals surface area contributed by atoms with Gasteiger partial charge in [0.25, 0.3) is 11.8 Å². The average Bonchev–Trinajstić information content (AvgIpc) is 2.92. The van der Waals surface area contributed by atoms with Gasteiger partial charge < -0.3 is 14.2 Å². The molecule has 1 atom stereocenters. The fourth-order valence-corrected chi connectivity index (χ4v) is 4.00. The lowest BCUT2D eigenvalue weighted by Gasteiger charge is -2.39. The van der Waals surface area contributed by atoms with E-state index in [0.29, 0.717) is 0 Å². The van der Waals surface area contributed by atoms with Crippen molar-refractivity contribution in [2.45, 2.75) is 19.4 Å². The maximum absolute atomic E-state index is 14.1. The van der Waals surface area contributed by atoms with E-state index >= 15 is 0 Å². The zero-order valence-electron chi connectivity index (χ0n) is 20.1. The van der Waals surface area contributed by atoms with E-state index in [0.717, 1.165) is 4.90 Å². The van der Waals surface area contributed by atoms with Crippen LogP contribution in [0.3, 0.4) is 0 Å². The lowest BCUT2D eigenvalue weighted by atomic mass is 9.83. The average molecular weight is 501 g/mol. The Kier molecular flexibility index (Phi) is 7.15. The van der Waals surface area contributed by atoms with E-state index < -0.39 is 35.3 Å². The van der Waals surface area contributed by atoms with Crippen LogP contribution in [0.2, 0.25) is 0 Å². The van der Waals surface area contributed by atoms with Crippen LogP contribution in [0.1, 0.15) is 50.5 Å². The van der Waals surface area contributed by atoms with E-state index in [4.69, 9.17) is 14.2 Å². The Morgan fingerprint density at radius 3 is 1.97 bits per heavy atom. The number of imide groups is 1. The summed E-state index contributed by atoms with van der Waals surface area (Å²) in [4.78, 5) is 66.9. The highest BCUT2D eigenvalue weighted by Gasteiger charge is 2.61. The molecule has 0 fully saturated rings. The normalized spacial score (nSPS) is 16.5. The summed E-state index contributed by atoms with van der Waals surface area (Å²) >= 11 is 0. The fraction of sp³-hybridized carbons (Fsp3) is 0.179. The van der Waals surface area contributed by atoms with E-state index in [2.05, 4.69) is 0 Å². The van der Waals surface area contributed by atoms with Gasteiger partial charge in [-0.05, 0) is 56.3 Å². The molecule has 1 unspecified atom stereocenters. The molecule has 1 aliphatic rings. The number of benzene rings is 3. The van der Waals surface area contributed by atoms with Crippen molar-refractivity contribution in [1.82, 2.24) is 0 Å². The molecular formula is C28H23NO8. The molecule has 1 heterocycles. The third kappa shape index (κ3) is 4.47. The van der Waals surface area contributed by atoms with E-state index in [1.807, 2.05) is 0 Å². The Balaban J connectivity index is 1.87. The summed E-state index contributed by atoms with van der Waals surface area (Å²) in [6.45, 7) is 3.28. The Labute approximate surface area is 212 Å². The quantitative estimate of drug-likeness (QED) is 0.208. The van der Waals surface area contributed by atoms with E-state index in [1.165, 1.54) is 54.6 Å². The second-order valence-corrected chi connectivity index (χ2v) is 7.92. The molecule has 9 heteroatoms. The van der Waals surface area contributed by atoms with Crippen molar-refractivity contribution in [1.29, 1.82) is 0 Å². The van der Waals surface area contributed by atoms with Gasteiger partial charge in [0.2, 0.25) is 0 Å². The van der Waals surface area contributed by atoms with Crippen molar-refractivity contribution in [2.24, 2.45) is 0 Å². The van der Waals surface area contributed by atoms with Gasteiger partial charge in [-0.2, -0.15) is 0 Å². The van der Waals surface area contributed by atoms with Crippen LogP contribution in [0.15, 0.2) is 78.9 Å². The van der Waals surface area contributed by atoms with Crippen LogP contribution in [0.5, 0.6) is 0 Å². The number of carbonyl (C=O) groups excluding carboxylic acids is 5. The zero-order chi connectivity index (χ0) is 26.6. The third-order valence-electron chi connectivity index (χ3n) is 5.70. The van der Waals surface area contributed by atoms with Crippen molar-refractivity contribution in [3.8, 4) is 0 Å². The number of rotatable bonds is 7. The van der Waals surface area contributed by atoms with Crippen molar-refractivity contribution in [3.05, 3.63) is 101 Å². The first-order valence-electron chi connectivity index (χ1n) is 11.6. The van der Waals surface area contributed by atoms with Gasteiger partial charge in [0.15, 0.2) is 0 Å². The molecule has 0 saturated heterocycles. The Hall–Kier alpha value is -4.79. The van der Waals surface area contributed by atoms with Gasteiger partial charge in [0.05, 0.1) is 30.0 Å². The summed E-state index contributed by atoms with van der Waals surface area (Å²) in [5.41, 5.74) is -2.36. The van der Waals surface area contributed by atoms with Crippen LogP contribution in [0, 0.1) is 0 Å². The molecule has 1 aliphatic heterocycles. The Morgan fingerprint density at radius 2 is 1.32 bits per heavy atom. The molecule has 3 aromatic rings. The molecule has 0 radical (unpaired) electrons. The Bertz CT molecular complexity index is 1370. The standard InChI is InChI=1S/C28H23NO8/c1-3-35-24(31)19-14-16-20(17-15-19)29-23(30)21-12-8-9-13-22(21)28(26(29)33,27(34)36-4-2)37-25(32)18-10-6-5-7-11-18/h5-17H,3-4H2,1-2H3. The molecule has 0 N–H and O–H groups in total. The van der Waals surface area contributed by atoms with Gasteiger partial charge in [-0.1, -0.05) is 36.4 Å². The summed E-state index contributed by atoms with van der Waals surface area (Å²) in [5, 5.41) is 0. The monoisotopic (exact) mass is 501 g/mol. The predicted octanol–water partition coefficient (Wildman–Crippen LogP) is 3.67. The van der Waals surface area contributed by atoms with E-state index in [1.54, 1.807) is 38.1 Å². The summed E-state index contributed by atoms with van der Waals surface area (Å²) in [5.74, 6) is -4.53. The molecule has 0 aliphatic carbocycles. The van der Waals surface area contributed by atoms with Gasteiger partial charge in [-0.15, -0.1) is 0 Å². The third-order valence-corrected chi connectivity index (χ3v) is 5.70. The molecule has 0 bridgehead atoms. The number of anilines is 1. The highest BCUT2D eigenvalue weighted by Crippen LogP contribution is 2.40. The first kappa shape index (κ1) is 25.3. The number of hydrogen-bond donors (Lipinski definition) is 0. The topological polar surface area (TPSA) is 116 Å². The maximum Gasteiger partial charge on any atom is 0.365 e. The van der Waals surface area contributed by atoms with E-state index in [-0.39, 0.29) is 41.2 Å². The first-order chi connectivity index (χ1) is 17.8. The van der Waals surface area contributed by atoms with Gasteiger partial charge in [-0.3, -0.25) is 9.59 Å². The van der Waals surface area contributed by atoms with Crippen LogP contribution in [-0.4, -0.2) is 42.9 Å². The van der Waals surface area contributed by atoms with Gasteiger partial charge >= 0.3 is 23.5 Å². The highest BCUT2D eigenvalue weighted by molar-refractivity contribution is 6.32. The summed E-state index contributed by atoms with van der Waals surface area (Å²) < 4.78 is 15.9. The number of nitrogens with zero attached hydrogens (tertiary/aromatic N) is 1. The molecule has 9 nitrogen and oxygen atoms in total. The SMILES string of the molecule is CCOC(=O)c1ccc(N2C(=O)c3ccccc3C(OC(=O)c3ccccc3)(C(=O)OCC)C2=O)cc1. The van der Waals surface area contributed by atoms with Crippen molar-refractivity contribution in [3.63, 3.8) is 0 Å². The lowest BCUT2D eigenvalue weighted by molar-refractivity contribution is -0.172. The number of fused-ring (bicyclic) bond motifs is 1. The highest BCUT2D eigenvalue weighted by atomic mass is 16.6. The molecule has 37 heavy (non-hydrogen) atoms. The largest absolute Gasteiger partial charge is 0.462 e. The number of hydrogen-bond acceptors (Lipinski definition) is 8. The fourth-order valence-electron chi connectivity index (χ4n) is 4.00. The smallest absolute Gasteiger partial charge is 0.365 e. The summed E-state index contributed by atoms with van der Waals surface area (Å²) in [6, 6.07) is 19.2. The minimum Gasteiger partial charge on any atom is -0.462 e. The molecule has 0 aromatic heterocycles. The first-order valence-corrected chi connectivity index (χ1v) is 11.6. The second-order valence-electron chi connectivity index (χ2n) is 7.92. The van der Waals surface area contributed by atoms with Gasteiger partial charge in [0.1, 0.15) is 0 Å².